The number of aromatic nitrogens is 2. The molecule has 0 aliphatic carbocycles. The molecule has 0 spiro atoms. The Morgan fingerprint density at radius 2 is 2.00 bits per heavy atom. The average Bonchev–Trinajstić information content (AvgIpc) is 2.63. The summed E-state index contributed by atoms with van der Waals surface area (Å²) in [4.78, 5) is 15.9. The van der Waals surface area contributed by atoms with Crippen molar-refractivity contribution >= 4 is 17.0 Å². The average molecular weight is 260 g/mol. The van der Waals surface area contributed by atoms with Crippen LogP contribution in [0.3, 0.4) is 0 Å². The Morgan fingerprint density at radius 1 is 1.37 bits per heavy atom. The van der Waals surface area contributed by atoms with Crippen molar-refractivity contribution < 1.29 is 9.90 Å². The quantitative estimate of drug-likeness (QED) is 0.921. The summed E-state index contributed by atoms with van der Waals surface area (Å²) in [7, 11) is 0. The molecule has 1 N–H and O–H groups in total. The highest BCUT2D eigenvalue weighted by molar-refractivity contribution is 5.84. The number of rotatable bonds is 3. The molecular weight excluding hydrogens is 240 g/mol. The van der Waals surface area contributed by atoms with E-state index in [0.717, 1.165) is 22.4 Å². The summed E-state index contributed by atoms with van der Waals surface area (Å²) in [5.41, 5.74) is 1.79. The summed E-state index contributed by atoms with van der Waals surface area (Å²) in [6, 6.07) is 6.07. The van der Waals surface area contributed by atoms with E-state index < -0.39 is 11.4 Å². The molecule has 0 amide bonds. The highest BCUT2D eigenvalue weighted by atomic mass is 16.4. The lowest BCUT2D eigenvalue weighted by Crippen LogP contribution is -2.28. The number of nitrogens with zero attached hydrogens (tertiary/aromatic N) is 2. The fourth-order valence-electron chi connectivity index (χ4n) is 2.38. The fourth-order valence-corrected chi connectivity index (χ4v) is 2.38. The molecule has 0 unspecified atom stereocenters. The predicted molar refractivity (Wildman–Crippen MR) is 75.5 cm³/mol. The number of carbonyl (C=O) groups is 1. The monoisotopic (exact) mass is 260 g/mol. The molecular formula is C15H20N2O2. The lowest BCUT2D eigenvalue weighted by atomic mass is 9.85. The zero-order chi connectivity index (χ0) is 14.4. The van der Waals surface area contributed by atoms with Gasteiger partial charge >= 0.3 is 5.97 Å². The maximum absolute atomic E-state index is 11.3. The van der Waals surface area contributed by atoms with Gasteiger partial charge in [-0.2, -0.15) is 0 Å². The Kier molecular flexibility index (Phi) is 3.12. The third-order valence-corrected chi connectivity index (χ3v) is 3.64. The second-order valence-corrected chi connectivity index (χ2v) is 5.76. The fraction of sp³-hybridized carbons (Fsp3) is 0.467. The summed E-state index contributed by atoms with van der Waals surface area (Å²) in [5.74, 6) is 0.127. The summed E-state index contributed by atoms with van der Waals surface area (Å²) < 4.78 is 2.16. The molecule has 0 radical (unpaired) electrons. The molecule has 102 valence electrons. The van der Waals surface area contributed by atoms with Crippen molar-refractivity contribution in [1.82, 2.24) is 9.55 Å². The molecule has 0 atom stereocenters. The number of hydrogen-bond acceptors (Lipinski definition) is 2. The first-order valence-corrected chi connectivity index (χ1v) is 6.47. The molecule has 0 saturated heterocycles. The normalized spacial score (nSPS) is 12.3. The highest BCUT2D eigenvalue weighted by Crippen LogP contribution is 2.28. The maximum Gasteiger partial charge on any atom is 0.313 e. The van der Waals surface area contributed by atoms with Crippen molar-refractivity contribution in [2.75, 3.05) is 0 Å². The molecule has 0 aliphatic heterocycles. The number of aliphatic carboxylic acids is 1. The molecule has 0 saturated carbocycles. The minimum absolute atomic E-state index is 0.336. The number of imidazole rings is 1. The standard InChI is InChI=1S/C15H20N2O2/c1-9(2)17-10(3)16-12-8-11(6-7-13(12)17)15(4,5)14(18)19/h6-9H,1-5H3,(H,18,19). The van der Waals surface area contributed by atoms with Crippen molar-refractivity contribution in [3.8, 4) is 0 Å². The van der Waals surface area contributed by atoms with Gasteiger partial charge in [-0.05, 0) is 52.3 Å². The molecule has 2 rings (SSSR count). The van der Waals surface area contributed by atoms with Crippen molar-refractivity contribution in [2.45, 2.75) is 46.1 Å². The van der Waals surface area contributed by atoms with E-state index >= 15 is 0 Å². The number of carboxylic acid groups (broad SMARTS) is 1. The Labute approximate surface area is 113 Å². The Balaban J connectivity index is 2.64. The van der Waals surface area contributed by atoms with Crippen LogP contribution in [-0.2, 0) is 10.2 Å². The molecule has 0 aliphatic rings. The Bertz CT molecular complexity index is 639. The topological polar surface area (TPSA) is 55.1 Å². The van der Waals surface area contributed by atoms with Crippen LogP contribution in [0, 0.1) is 6.92 Å². The summed E-state index contributed by atoms with van der Waals surface area (Å²) in [6.07, 6.45) is 0. The van der Waals surface area contributed by atoms with E-state index in [-0.39, 0.29) is 0 Å². The second-order valence-electron chi connectivity index (χ2n) is 5.76. The number of carboxylic acids is 1. The van der Waals surface area contributed by atoms with Crippen molar-refractivity contribution in [2.24, 2.45) is 0 Å². The zero-order valence-electron chi connectivity index (χ0n) is 12.1. The van der Waals surface area contributed by atoms with Gasteiger partial charge in [-0.1, -0.05) is 6.07 Å². The largest absolute Gasteiger partial charge is 0.481 e. The molecule has 2 aromatic rings. The van der Waals surface area contributed by atoms with Crippen LogP contribution in [0.4, 0.5) is 0 Å². The number of fused-ring (bicyclic) bond motifs is 1. The minimum atomic E-state index is -0.899. The zero-order valence-corrected chi connectivity index (χ0v) is 12.1. The third-order valence-electron chi connectivity index (χ3n) is 3.64. The van der Waals surface area contributed by atoms with Gasteiger partial charge < -0.3 is 9.67 Å². The summed E-state index contributed by atoms with van der Waals surface area (Å²) >= 11 is 0. The van der Waals surface area contributed by atoms with E-state index in [4.69, 9.17) is 0 Å². The molecule has 1 heterocycles. The Morgan fingerprint density at radius 3 is 2.53 bits per heavy atom. The molecule has 4 nitrogen and oxygen atoms in total. The molecule has 0 bridgehead atoms. The van der Waals surface area contributed by atoms with Crippen LogP contribution in [0.25, 0.3) is 11.0 Å². The van der Waals surface area contributed by atoms with E-state index in [9.17, 15) is 9.90 Å². The minimum Gasteiger partial charge on any atom is -0.481 e. The van der Waals surface area contributed by atoms with Crippen LogP contribution in [0.15, 0.2) is 18.2 Å². The van der Waals surface area contributed by atoms with Crippen molar-refractivity contribution in [3.05, 3.63) is 29.6 Å². The van der Waals surface area contributed by atoms with Gasteiger partial charge in [0.25, 0.3) is 0 Å². The van der Waals surface area contributed by atoms with Gasteiger partial charge in [0.1, 0.15) is 5.82 Å². The highest BCUT2D eigenvalue weighted by Gasteiger charge is 2.30. The van der Waals surface area contributed by atoms with Crippen LogP contribution in [0.5, 0.6) is 0 Å². The van der Waals surface area contributed by atoms with Gasteiger partial charge in [0.05, 0.1) is 16.4 Å². The SMILES string of the molecule is Cc1nc2cc(C(C)(C)C(=O)O)ccc2n1C(C)C. The van der Waals surface area contributed by atoms with Crippen LogP contribution in [0.2, 0.25) is 0 Å². The van der Waals surface area contributed by atoms with Crippen LogP contribution in [0.1, 0.15) is 45.1 Å². The Hall–Kier alpha value is -1.84. The van der Waals surface area contributed by atoms with Crippen LogP contribution < -0.4 is 0 Å². The van der Waals surface area contributed by atoms with Crippen LogP contribution >= 0.6 is 0 Å². The molecule has 1 aromatic heterocycles. The first-order valence-electron chi connectivity index (χ1n) is 6.47. The summed E-state index contributed by atoms with van der Waals surface area (Å²) in [6.45, 7) is 9.63. The van der Waals surface area contributed by atoms with Gasteiger partial charge in [-0.3, -0.25) is 4.79 Å². The summed E-state index contributed by atoms with van der Waals surface area (Å²) in [5, 5.41) is 9.29. The van der Waals surface area contributed by atoms with E-state index in [1.807, 2.05) is 25.1 Å². The van der Waals surface area contributed by atoms with E-state index in [2.05, 4.69) is 23.4 Å². The van der Waals surface area contributed by atoms with Gasteiger partial charge in [0, 0.05) is 6.04 Å². The first kappa shape index (κ1) is 13.6. The van der Waals surface area contributed by atoms with Gasteiger partial charge in [0.2, 0.25) is 0 Å². The van der Waals surface area contributed by atoms with Gasteiger partial charge in [-0.15, -0.1) is 0 Å². The van der Waals surface area contributed by atoms with Crippen LogP contribution in [-0.4, -0.2) is 20.6 Å². The predicted octanol–water partition coefficient (Wildman–Crippen LogP) is 3.29. The molecule has 1 aromatic carbocycles. The molecule has 4 heteroatoms. The van der Waals surface area contributed by atoms with Gasteiger partial charge in [-0.25, -0.2) is 4.98 Å². The van der Waals surface area contributed by atoms with Crippen molar-refractivity contribution in [1.29, 1.82) is 0 Å². The van der Waals surface area contributed by atoms with E-state index in [1.165, 1.54) is 0 Å². The van der Waals surface area contributed by atoms with E-state index in [0.29, 0.717) is 6.04 Å². The van der Waals surface area contributed by atoms with E-state index in [1.54, 1.807) is 13.8 Å². The molecule has 19 heavy (non-hydrogen) atoms. The lowest BCUT2D eigenvalue weighted by molar-refractivity contribution is -0.142. The second kappa shape index (κ2) is 4.37. The number of benzene rings is 1. The number of aryl methyl sites for hydroxylation is 1. The van der Waals surface area contributed by atoms with Gasteiger partial charge in [0.15, 0.2) is 0 Å². The first-order chi connectivity index (χ1) is 8.75. The number of hydrogen-bond donors (Lipinski definition) is 1. The molecule has 0 fully saturated rings. The lowest BCUT2D eigenvalue weighted by Gasteiger charge is -2.19. The third kappa shape index (κ3) is 2.11. The van der Waals surface area contributed by atoms with Crippen molar-refractivity contribution in [3.63, 3.8) is 0 Å². The maximum atomic E-state index is 11.3. The smallest absolute Gasteiger partial charge is 0.313 e.